The fourth-order valence-electron chi connectivity index (χ4n) is 4.53. The van der Waals surface area contributed by atoms with Gasteiger partial charge in [-0.25, -0.2) is 0 Å². The Morgan fingerprint density at radius 3 is 2.44 bits per heavy atom. The van der Waals surface area contributed by atoms with E-state index in [-0.39, 0.29) is 41.9 Å². The van der Waals surface area contributed by atoms with Crippen molar-refractivity contribution >= 4 is 41.8 Å². The van der Waals surface area contributed by atoms with Crippen LogP contribution in [-0.2, 0) is 14.3 Å². The smallest absolute Gasteiger partial charge is 0.305 e. The molecular weight excluding hydrogens is 519 g/mol. The van der Waals surface area contributed by atoms with Crippen LogP contribution in [0, 0.1) is 5.92 Å². The number of hydrogen-bond donors (Lipinski definition) is 2. The fourth-order valence-corrected chi connectivity index (χ4v) is 4.53. The van der Waals surface area contributed by atoms with Gasteiger partial charge in [-0.15, -0.1) is 24.0 Å². The number of unbranched alkanes of at least 4 members (excludes halogenated alkanes) is 4. The second kappa shape index (κ2) is 17.4. The largest absolute Gasteiger partial charge is 0.466 e. The Balaban J connectivity index is 0.00000512. The van der Waals surface area contributed by atoms with Crippen molar-refractivity contribution in [1.29, 1.82) is 0 Å². The molecule has 1 aliphatic heterocycles. The molecule has 186 valence electrons. The number of nitrogens with zero attached hydrogens (tertiary/aromatic N) is 2. The van der Waals surface area contributed by atoms with E-state index < -0.39 is 0 Å². The van der Waals surface area contributed by atoms with Crippen LogP contribution in [-0.4, -0.2) is 61.6 Å². The van der Waals surface area contributed by atoms with Crippen LogP contribution >= 0.6 is 24.0 Å². The molecule has 1 unspecified atom stereocenters. The Bertz CT molecular complexity index is 567. The minimum atomic E-state index is -0.0839. The molecule has 0 radical (unpaired) electrons. The summed E-state index contributed by atoms with van der Waals surface area (Å²) in [4.78, 5) is 30.9. The molecular formula is C24H45IN4O3. The summed E-state index contributed by atoms with van der Waals surface area (Å²) >= 11 is 0. The third-order valence-corrected chi connectivity index (χ3v) is 6.25. The van der Waals surface area contributed by atoms with Crippen LogP contribution in [0.25, 0.3) is 0 Å². The summed E-state index contributed by atoms with van der Waals surface area (Å²) in [6.07, 6.45) is 12.6. The minimum absolute atomic E-state index is 0. The van der Waals surface area contributed by atoms with Crippen molar-refractivity contribution in [3.8, 4) is 0 Å². The lowest BCUT2D eigenvalue weighted by Gasteiger charge is -2.26. The van der Waals surface area contributed by atoms with Crippen molar-refractivity contribution in [2.24, 2.45) is 10.9 Å². The molecule has 1 atom stereocenters. The molecule has 0 spiro atoms. The average molecular weight is 565 g/mol. The number of aliphatic imine (C=N–C) groups is 1. The standard InChI is InChI=1S/C24H44N4O3.HI/c1-3-25-24(26-17-12-7-5-6-11-15-22(29)31-4-2)27-21-16-18-28(19-21)23(30)20-13-9-8-10-14-20;/h20-21H,3-19H2,1-2H3,(H2,25,26,27);1H. The predicted octanol–water partition coefficient (Wildman–Crippen LogP) is 4.24. The number of guanidine groups is 1. The number of ether oxygens (including phenoxy) is 1. The summed E-state index contributed by atoms with van der Waals surface area (Å²) in [5, 5.41) is 6.87. The van der Waals surface area contributed by atoms with Crippen LogP contribution < -0.4 is 10.6 Å². The normalized spacial score (nSPS) is 19.4. The van der Waals surface area contributed by atoms with E-state index >= 15 is 0 Å². The number of esters is 1. The number of nitrogens with one attached hydrogen (secondary N) is 2. The molecule has 32 heavy (non-hydrogen) atoms. The molecule has 2 N–H and O–H groups in total. The van der Waals surface area contributed by atoms with E-state index in [1.54, 1.807) is 0 Å². The third kappa shape index (κ3) is 11.2. The summed E-state index contributed by atoms with van der Waals surface area (Å²) in [5.74, 6) is 1.40. The molecule has 2 fully saturated rings. The van der Waals surface area contributed by atoms with Gasteiger partial charge in [0.15, 0.2) is 5.96 Å². The van der Waals surface area contributed by atoms with Crippen molar-refractivity contribution in [2.75, 3.05) is 32.8 Å². The molecule has 0 aromatic rings. The summed E-state index contributed by atoms with van der Waals surface area (Å²) in [5.41, 5.74) is 0. The quantitative estimate of drug-likeness (QED) is 0.122. The minimum Gasteiger partial charge on any atom is -0.466 e. The molecule has 0 bridgehead atoms. The van der Waals surface area contributed by atoms with Crippen molar-refractivity contribution in [2.45, 2.75) is 96.9 Å². The first-order valence-corrected chi connectivity index (χ1v) is 12.6. The SMILES string of the molecule is CCNC(=NCCCCCCCC(=O)OCC)NC1CCN(C(=O)C2CCCCC2)C1.I. The number of carbonyl (C=O) groups excluding carboxylic acids is 2. The van der Waals surface area contributed by atoms with Gasteiger partial charge in [0.25, 0.3) is 0 Å². The Kier molecular flexibility index (Phi) is 15.8. The fraction of sp³-hybridized carbons (Fsp3) is 0.875. The van der Waals surface area contributed by atoms with Gasteiger partial charge in [0, 0.05) is 44.6 Å². The lowest BCUT2D eigenvalue weighted by atomic mass is 9.88. The number of halogens is 1. The number of amides is 1. The Morgan fingerprint density at radius 1 is 1.00 bits per heavy atom. The van der Waals surface area contributed by atoms with Crippen molar-refractivity contribution < 1.29 is 14.3 Å². The summed E-state index contributed by atoms with van der Waals surface area (Å²) < 4.78 is 4.95. The van der Waals surface area contributed by atoms with E-state index in [4.69, 9.17) is 9.73 Å². The van der Waals surface area contributed by atoms with Crippen LogP contribution in [0.1, 0.15) is 90.9 Å². The second-order valence-corrected chi connectivity index (χ2v) is 8.83. The van der Waals surface area contributed by atoms with Gasteiger partial charge in [-0.05, 0) is 46.0 Å². The van der Waals surface area contributed by atoms with Crippen molar-refractivity contribution in [1.82, 2.24) is 15.5 Å². The topological polar surface area (TPSA) is 83.0 Å². The van der Waals surface area contributed by atoms with Gasteiger partial charge in [-0.1, -0.05) is 38.5 Å². The van der Waals surface area contributed by atoms with Gasteiger partial charge in [-0.2, -0.15) is 0 Å². The van der Waals surface area contributed by atoms with E-state index in [1.165, 1.54) is 19.3 Å². The van der Waals surface area contributed by atoms with Gasteiger partial charge in [0.05, 0.1) is 6.61 Å². The van der Waals surface area contributed by atoms with Gasteiger partial charge in [0.1, 0.15) is 0 Å². The molecule has 1 amide bonds. The number of carbonyl (C=O) groups is 2. The Morgan fingerprint density at radius 2 is 1.72 bits per heavy atom. The summed E-state index contributed by atoms with van der Waals surface area (Å²) in [6.45, 7) is 7.66. The zero-order chi connectivity index (χ0) is 22.3. The highest BCUT2D eigenvalue weighted by Crippen LogP contribution is 2.26. The molecule has 0 aromatic heterocycles. The Hall–Kier alpha value is -1.06. The molecule has 1 heterocycles. The first-order valence-electron chi connectivity index (χ1n) is 12.6. The maximum atomic E-state index is 12.8. The molecule has 2 rings (SSSR count). The van der Waals surface area contributed by atoms with Crippen LogP contribution in [0.5, 0.6) is 0 Å². The molecule has 1 saturated heterocycles. The first-order chi connectivity index (χ1) is 15.1. The lowest BCUT2D eigenvalue weighted by Crippen LogP contribution is -2.45. The van der Waals surface area contributed by atoms with E-state index in [2.05, 4.69) is 22.5 Å². The first kappa shape index (κ1) is 29.0. The van der Waals surface area contributed by atoms with Crippen molar-refractivity contribution in [3.05, 3.63) is 0 Å². The van der Waals surface area contributed by atoms with Gasteiger partial charge in [0.2, 0.25) is 5.91 Å². The van der Waals surface area contributed by atoms with Crippen LogP contribution in [0.15, 0.2) is 4.99 Å². The van der Waals surface area contributed by atoms with Crippen LogP contribution in [0.3, 0.4) is 0 Å². The number of likely N-dealkylation sites (tertiary alicyclic amines) is 1. The van der Waals surface area contributed by atoms with E-state index in [0.717, 1.165) is 83.5 Å². The van der Waals surface area contributed by atoms with E-state index in [1.807, 2.05) is 6.92 Å². The summed E-state index contributed by atoms with van der Waals surface area (Å²) in [7, 11) is 0. The second-order valence-electron chi connectivity index (χ2n) is 8.83. The molecule has 7 nitrogen and oxygen atoms in total. The molecule has 0 aromatic carbocycles. The molecule has 1 saturated carbocycles. The zero-order valence-electron chi connectivity index (χ0n) is 20.2. The highest BCUT2D eigenvalue weighted by Gasteiger charge is 2.31. The van der Waals surface area contributed by atoms with Gasteiger partial charge < -0.3 is 20.3 Å². The zero-order valence-corrected chi connectivity index (χ0v) is 22.5. The Labute approximate surface area is 211 Å². The van der Waals surface area contributed by atoms with Gasteiger partial charge >= 0.3 is 5.97 Å². The molecule has 8 heteroatoms. The van der Waals surface area contributed by atoms with Crippen molar-refractivity contribution in [3.63, 3.8) is 0 Å². The highest BCUT2D eigenvalue weighted by molar-refractivity contribution is 14.0. The van der Waals surface area contributed by atoms with E-state index in [9.17, 15) is 9.59 Å². The molecule has 1 aliphatic carbocycles. The van der Waals surface area contributed by atoms with Crippen LogP contribution in [0.2, 0.25) is 0 Å². The maximum Gasteiger partial charge on any atom is 0.305 e. The molecule has 2 aliphatic rings. The van der Waals surface area contributed by atoms with Crippen LogP contribution in [0.4, 0.5) is 0 Å². The average Bonchev–Trinajstić information content (AvgIpc) is 3.24. The lowest BCUT2D eigenvalue weighted by molar-refractivity contribution is -0.143. The van der Waals surface area contributed by atoms with Gasteiger partial charge in [-0.3, -0.25) is 14.6 Å². The monoisotopic (exact) mass is 564 g/mol. The maximum absolute atomic E-state index is 12.8. The highest BCUT2D eigenvalue weighted by atomic mass is 127. The summed E-state index contributed by atoms with van der Waals surface area (Å²) in [6, 6.07) is 0.285. The third-order valence-electron chi connectivity index (χ3n) is 6.25. The predicted molar refractivity (Wildman–Crippen MR) is 140 cm³/mol. The number of hydrogen-bond acceptors (Lipinski definition) is 4. The van der Waals surface area contributed by atoms with E-state index in [0.29, 0.717) is 18.9 Å². The number of rotatable bonds is 12.